The lowest BCUT2D eigenvalue weighted by Crippen LogP contribution is -2.49. The van der Waals surface area contributed by atoms with Gasteiger partial charge in [-0.1, -0.05) is 50.6 Å². The van der Waals surface area contributed by atoms with Crippen LogP contribution >= 0.6 is 11.8 Å². The molecular formula is C24H31N3O4S. The van der Waals surface area contributed by atoms with Crippen LogP contribution in [0.3, 0.4) is 0 Å². The first-order valence-corrected chi connectivity index (χ1v) is 11.8. The number of aryl methyl sites for hydroxylation is 1. The normalized spacial score (nSPS) is 20.8. The fourth-order valence-electron chi connectivity index (χ4n) is 3.79. The van der Waals surface area contributed by atoms with Crippen molar-refractivity contribution in [3.63, 3.8) is 0 Å². The molecule has 0 saturated carbocycles. The van der Waals surface area contributed by atoms with Crippen LogP contribution < -0.4 is 5.32 Å². The van der Waals surface area contributed by atoms with Gasteiger partial charge in [0.1, 0.15) is 0 Å². The highest BCUT2D eigenvalue weighted by atomic mass is 32.2. The second-order valence-electron chi connectivity index (χ2n) is 9.38. The van der Waals surface area contributed by atoms with E-state index in [1.807, 2.05) is 52.0 Å². The van der Waals surface area contributed by atoms with E-state index in [4.69, 9.17) is 0 Å². The molecule has 1 atom stereocenters. The van der Waals surface area contributed by atoms with Crippen molar-refractivity contribution in [3.05, 3.63) is 40.3 Å². The average molecular weight is 458 g/mol. The molecule has 2 heterocycles. The predicted octanol–water partition coefficient (Wildman–Crippen LogP) is 3.43. The number of carbonyl (C=O) groups is 4. The lowest BCUT2D eigenvalue weighted by atomic mass is 9.91. The van der Waals surface area contributed by atoms with E-state index in [2.05, 4.69) is 5.32 Å². The van der Waals surface area contributed by atoms with E-state index in [0.717, 1.165) is 35.7 Å². The fraction of sp³-hybridized carbons (Fsp3) is 0.500. The maximum absolute atomic E-state index is 12.6. The molecule has 4 amide bonds. The van der Waals surface area contributed by atoms with Crippen LogP contribution in [-0.4, -0.2) is 58.9 Å². The number of amides is 4. The number of nitrogens with zero attached hydrogens (tertiary/aromatic N) is 2. The van der Waals surface area contributed by atoms with E-state index in [1.54, 1.807) is 11.0 Å². The van der Waals surface area contributed by atoms with Crippen LogP contribution in [0.1, 0.15) is 44.7 Å². The molecule has 1 aromatic rings. The van der Waals surface area contributed by atoms with Gasteiger partial charge in [-0.15, -0.1) is 0 Å². The number of piperidine rings is 1. The van der Waals surface area contributed by atoms with Crippen molar-refractivity contribution in [1.82, 2.24) is 15.1 Å². The monoisotopic (exact) mass is 457 g/mol. The van der Waals surface area contributed by atoms with Crippen molar-refractivity contribution in [3.8, 4) is 0 Å². The van der Waals surface area contributed by atoms with Gasteiger partial charge >= 0.3 is 0 Å². The second-order valence-corrected chi connectivity index (χ2v) is 10.4. The number of carbonyl (C=O) groups excluding carboxylic acids is 4. The van der Waals surface area contributed by atoms with E-state index < -0.39 is 5.41 Å². The first kappa shape index (κ1) is 24.0. The quantitative estimate of drug-likeness (QED) is 0.685. The number of thioether (sulfide) groups is 1. The van der Waals surface area contributed by atoms with Gasteiger partial charge in [0.05, 0.1) is 10.8 Å². The third kappa shape index (κ3) is 5.79. The van der Waals surface area contributed by atoms with Crippen LogP contribution in [0.15, 0.2) is 29.2 Å². The third-order valence-corrected chi connectivity index (χ3v) is 6.51. The maximum Gasteiger partial charge on any atom is 0.293 e. The molecule has 1 unspecified atom stereocenters. The van der Waals surface area contributed by atoms with E-state index in [0.29, 0.717) is 18.0 Å². The molecule has 7 nitrogen and oxygen atoms in total. The predicted molar refractivity (Wildman–Crippen MR) is 126 cm³/mol. The molecule has 32 heavy (non-hydrogen) atoms. The largest absolute Gasteiger partial charge is 0.354 e. The van der Waals surface area contributed by atoms with Gasteiger partial charge < -0.3 is 10.2 Å². The molecule has 172 valence electrons. The fourth-order valence-corrected chi connectivity index (χ4v) is 4.66. The van der Waals surface area contributed by atoms with Crippen LogP contribution in [0.25, 0.3) is 6.08 Å². The van der Waals surface area contributed by atoms with Crippen LogP contribution in [0.4, 0.5) is 4.79 Å². The number of rotatable bonds is 5. The zero-order valence-corrected chi connectivity index (χ0v) is 20.0. The Labute approximate surface area is 193 Å². The molecule has 8 heteroatoms. The van der Waals surface area contributed by atoms with Gasteiger partial charge in [0.25, 0.3) is 11.1 Å². The van der Waals surface area contributed by atoms with Gasteiger partial charge in [-0.3, -0.25) is 24.1 Å². The lowest BCUT2D eigenvalue weighted by Gasteiger charge is -2.35. The number of imide groups is 1. The highest BCUT2D eigenvalue weighted by Gasteiger charge is 2.36. The number of nitrogens with one attached hydrogen (secondary N) is 1. The summed E-state index contributed by atoms with van der Waals surface area (Å²) in [7, 11) is 0. The zero-order chi connectivity index (χ0) is 23.5. The average Bonchev–Trinajstić information content (AvgIpc) is 3.01. The summed E-state index contributed by atoms with van der Waals surface area (Å²) >= 11 is 0.915. The molecule has 2 aliphatic rings. The number of benzene rings is 1. The molecule has 0 bridgehead atoms. The van der Waals surface area contributed by atoms with Crippen molar-refractivity contribution < 1.29 is 19.2 Å². The van der Waals surface area contributed by atoms with E-state index in [1.165, 1.54) is 4.90 Å². The molecule has 1 N–H and O–H groups in total. The highest BCUT2D eigenvalue weighted by Crippen LogP contribution is 2.32. The first-order valence-electron chi connectivity index (χ1n) is 11.0. The van der Waals surface area contributed by atoms with Crippen molar-refractivity contribution in [2.45, 2.75) is 40.5 Å². The van der Waals surface area contributed by atoms with Gasteiger partial charge in [-0.05, 0) is 43.2 Å². The standard InChI is InChI=1S/C24H31N3O4S/c1-16-7-9-17(10-8-16)14-19-21(29)27(23(31)32-19)13-11-25-20(28)18-6-5-12-26(15-18)22(30)24(2,3)4/h7-10,14,18H,5-6,11-13,15H2,1-4H3,(H,25,28)/b19-14-. The van der Waals surface area contributed by atoms with Crippen LogP contribution in [-0.2, 0) is 14.4 Å². The minimum Gasteiger partial charge on any atom is -0.354 e. The Hall–Kier alpha value is -2.61. The van der Waals surface area contributed by atoms with Crippen LogP contribution in [0.2, 0.25) is 0 Å². The highest BCUT2D eigenvalue weighted by molar-refractivity contribution is 8.18. The van der Waals surface area contributed by atoms with E-state index in [-0.39, 0.29) is 42.0 Å². The summed E-state index contributed by atoms with van der Waals surface area (Å²) < 4.78 is 0. The van der Waals surface area contributed by atoms with Crippen LogP contribution in [0.5, 0.6) is 0 Å². The topological polar surface area (TPSA) is 86.8 Å². The summed E-state index contributed by atoms with van der Waals surface area (Å²) in [6.45, 7) is 9.01. The summed E-state index contributed by atoms with van der Waals surface area (Å²) in [5.41, 5.74) is 1.51. The Balaban J connectivity index is 1.52. The molecular weight excluding hydrogens is 426 g/mol. The van der Waals surface area contributed by atoms with Crippen molar-refractivity contribution >= 4 is 40.8 Å². The number of likely N-dealkylation sites (tertiary alicyclic amines) is 1. The van der Waals surface area contributed by atoms with Gasteiger partial charge in [-0.25, -0.2) is 0 Å². The SMILES string of the molecule is Cc1ccc(/C=C2\SC(=O)N(CCNC(=O)C3CCCN(C(=O)C(C)(C)C)C3)C2=O)cc1. The zero-order valence-electron chi connectivity index (χ0n) is 19.1. The molecule has 1 aromatic carbocycles. The molecule has 0 spiro atoms. The molecule has 2 fully saturated rings. The summed E-state index contributed by atoms with van der Waals surface area (Å²) in [6.07, 6.45) is 3.22. The Kier molecular flexibility index (Phi) is 7.44. The first-order chi connectivity index (χ1) is 15.1. The minimum atomic E-state index is -0.476. The minimum absolute atomic E-state index is 0.0492. The van der Waals surface area contributed by atoms with E-state index >= 15 is 0 Å². The second kappa shape index (κ2) is 9.90. The lowest BCUT2D eigenvalue weighted by molar-refractivity contribution is -0.142. The molecule has 0 radical (unpaired) electrons. The summed E-state index contributed by atoms with van der Waals surface area (Å²) in [4.78, 5) is 53.4. The molecule has 2 aliphatic heterocycles. The Morgan fingerprint density at radius 3 is 2.53 bits per heavy atom. The van der Waals surface area contributed by atoms with Crippen molar-refractivity contribution in [1.29, 1.82) is 0 Å². The molecule has 2 saturated heterocycles. The number of hydrogen-bond acceptors (Lipinski definition) is 5. The smallest absolute Gasteiger partial charge is 0.293 e. The van der Waals surface area contributed by atoms with Crippen molar-refractivity contribution in [2.75, 3.05) is 26.2 Å². The van der Waals surface area contributed by atoms with Gasteiger partial charge in [0.15, 0.2) is 0 Å². The summed E-state index contributed by atoms with van der Waals surface area (Å²) in [6, 6.07) is 7.71. The van der Waals surface area contributed by atoms with Crippen LogP contribution in [0, 0.1) is 18.3 Å². The molecule has 0 aliphatic carbocycles. The van der Waals surface area contributed by atoms with Crippen molar-refractivity contribution in [2.24, 2.45) is 11.3 Å². The summed E-state index contributed by atoms with van der Waals surface area (Å²) in [5, 5.41) is 2.51. The summed E-state index contributed by atoms with van der Waals surface area (Å²) in [5.74, 6) is -0.701. The third-order valence-electron chi connectivity index (χ3n) is 5.60. The Morgan fingerprint density at radius 2 is 1.88 bits per heavy atom. The van der Waals surface area contributed by atoms with Gasteiger partial charge in [0.2, 0.25) is 11.8 Å². The molecule has 3 rings (SSSR count). The molecule has 0 aromatic heterocycles. The maximum atomic E-state index is 12.6. The van der Waals surface area contributed by atoms with Gasteiger partial charge in [0, 0.05) is 31.6 Å². The Morgan fingerprint density at radius 1 is 1.19 bits per heavy atom. The Bertz CT molecular complexity index is 934. The number of hydrogen-bond donors (Lipinski definition) is 1. The van der Waals surface area contributed by atoms with E-state index in [9.17, 15) is 19.2 Å². The van der Waals surface area contributed by atoms with Gasteiger partial charge in [-0.2, -0.15) is 0 Å².